The van der Waals surface area contributed by atoms with Crippen molar-refractivity contribution in [3.8, 4) is 17.1 Å². The highest BCUT2D eigenvalue weighted by molar-refractivity contribution is 6.09. The van der Waals surface area contributed by atoms with Gasteiger partial charge in [0.1, 0.15) is 22.8 Å². The van der Waals surface area contributed by atoms with Crippen LogP contribution in [0.2, 0.25) is 0 Å². The molecule has 0 aliphatic heterocycles. The van der Waals surface area contributed by atoms with E-state index in [1.165, 1.54) is 12.1 Å². The average Bonchev–Trinajstić information content (AvgIpc) is 3.36. The van der Waals surface area contributed by atoms with E-state index in [0.29, 0.717) is 11.2 Å². The number of rotatable bonds is 2. The highest BCUT2D eigenvalue weighted by Crippen LogP contribution is 2.38. The maximum absolute atomic E-state index is 13.9. The fourth-order valence-electron chi connectivity index (χ4n) is 4.36. The lowest BCUT2D eigenvalue weighted by Crippen LogP contribution is -2.13. The van der Waals surface area contributed by atoms with E-state index in [1.54, 1.807) is 6.07 Å². The summed E-state index contributed by atoms with van der Waals surface area (Å²) in [5.74, 6) is 0.439. The molecule has 0 spiro atoms. The number of aromatic nitrogens is 3. The summed E-state index contributed by atoms with van der Waals surface area (Å²) in [4.78, 5) is 9.81. The van der Waals surface area contributed by atoms with Crippen LogP contribution >= 0.6 is 0 Å². The van der Waals surface area contributed by atoms with E-state index in [-0.39, 0.29) is 11.2 Å². The monoisotopic (exact) mass is 435 g/mol. The van der Waals surface area contributed by atoms with Crippen molar-refractivity contribution in [2.75, 3.05) is 0 Å². The maximum atomic E-state index is 13.9. The van der Waals surface area contributed by atoms with Crippen LogP contribution in [0.3, 0.4) is 0 Å². The normalized spacial score (nSPS) is 12.2. The molecule has 3 heterocycles. The summed E-state index contributed by atoms with van der Waals surface area (Å²) >= 11 is 0. The molecular formula is C28H22FN3O. The topological polar surface area (TPSA) is 43.9 Å². The van der Waals surface area contributed by atoms with Crippen LogP contribution in [0.5, 0.6) is 0 Å². The second-order valence-corrected chi connectivity index (χ2v) is 9.34. The van der Waals surface area contributed by atoms with Gasteiger partial charge < -0.3 is 4.42 Å². The molecule has 0 saturated heterocycles. The number of hydrogen-bond donors (Lipinski definition) is 0. The molecule has 0 fully saturated rings. The molecule has 0 aliphatic rings. The minimum absolute atomic E-state index is 0.0896. The maximum Gasteiger partial charge on any atom is 0.149 e. The molecule has 3 aromatic carbocycles. The molecule has 0 radical (unpaired) electrons. The number of fused-ring (bicyclic) bond motifs is 4. The van der Waals surface area contributed by atoms with Crippen molar-refractivity contribution in [1.82, 2.24) is 14.5 Å². The van der Waals surface area contributed by atoms with Crippen LogP contribution in [0.1, 0.15) is 26.5 Å². The molecule has 5 heteroatoms. The molecule has 0 N–H and O–H groups in total. The standard InChI is InChI=1S/C28H22FN3O/c1-28(2,3)25-15-22-23(16-30-25)32(18-8-5-4-6-9-18)27(31-22)21-11-7-10-20-19-13-12-17(29)14-24(19)33-26(20)21/h4-16H,1-3H3. The number of pyridine rings is 1. The SMILES string of the molecule is CC(C)(C)c1cc2nc(-c3cccc4c3oc3cc(F)ccc34)n(-c3ccccc3)c2cn1. The lowest BCUT2D eigenvalue weighted by atomic mass is 9.91. The number of benzene rings is 3. The highest BCUT2D eigenvalue weighted by atomic mass is 19.1. The predicted molar refractivity (Wildman–Crippen MR) is 130 cm³/mol. The first-order chi connectivity index (χ1) is 15.9. The molecule has 6 aromatic rings. The Bertz CT molecular complexity index is 1660. The number of nitrogens with zero attached hydrogens (tertiary/aromatic N) is 3. The third-order valence-corrected chi connectivity index (χ3v) is 6.03. The Morgan fingerprint density at radius 1 is 0.879 bits per heavy atom. The molecule has 0 atom stereocenters. The number of para-hydroxylation sites is 2. The summed E-state index contributed by atoms with van der Waals surface area (Å²) in [6, 6.07) is 22.8. The van der Waals surface area contributed by atoms with Crippen molar-refractivity contribution in [3.05, 3.63) is 90.5 Å². The first-order valence-electron chi connectivity index (χ1n) is 11.0. The Balaban J connectivity index is 1.70. The van der Waals surface area contributed by atoms with Crippen molar-refractivity contribution in [1.29, 1.82) is 0 Å². The first kappa shape index (κ1) is 19.7. The Morgan fingerprint density at radius 2 is 1.70 bits per heavy atom. The summed E-state index contributed by atoms with van der Waals surface area (Å²) in [5.41, 5.74) is 5.73. The molecule has 162 valence electrons. The summed E-state index contributed by atoms with van der Waals surface area (Å²) in [7, 11) is 0. The fraction of sp³-hybridized carbons (Fsp3) is 0.143. The van der Waals surface area contributed by atoms with Crippen LogP contribution in [-0.4, -0.2) is 14.5 Å². The van der Waals surface area contributed by atoms with Gasteiger partial charge in [0.15, 0.2) is 0 Å². The van der Waals surface area contributed by atoms with Crippen LogP contribution in [-0.2, 0) is 5.41 Å². The smallest absolute Gasteiger partial charge is 0.149 e. The van der Waals surface area contributed by atoms with Gasteiger partial charge in [-0.05, 0) is 36.4 Å². The van der Waals surface area contributed by atoms with Gasteiger partial charge in [-0.15, -0.1) is 0 Å². The fourth-order valence-corrected chi connectivity index (χ4v) is 4.36. The van der Waals surface area contributed by atoms with Gasteiger partial charge in [0, 0.05) is 33.6 Å². The van der Waals surface area contributed by atoms with E-state index in [9.17, 15) is 4.39 Å². The second kappa shape index (κ2) is 7.01. The molecule has 0 unspecified atom stereocenters. The lowest BCUT2D eigenvalue weighted by Gasteiger charge is -2.17. The second-order valence-electron chi connectivity index (χ2n) is 9.34. The van der Waals surface area contributed by atoms with Crippen molar-refractivity contribution >= 4 is 33.0 Å². The van der Waals surface area contributed by atoms with Gasteiger partial charge in [0.05, 0.1) is 22.8 Å². The van der Waals surface area contributed by atoms with E-state index in [2.05, 4.69) is 43.5 Å². The lowest BCUT2D eigenvalue weighted by molar-refractivity contribution is 0.570. The number of furan rings is 1. The summed E-state index contributed by atoms with van der Waals surface area (Å²) in [6.45, 7) is 6.43. The van der Waals surface area contributed by atoms with Gasteiger partial charge in [-0.2, -0.15) is 0 Å². The number of hydrogen-bond acceptors (Lipinski definition) is 3. The van der Waals surface area contributed by atoms with Crippen molar-refractivity contribution in [2.24, 2.45) is 0 Å². The zero-order valence-corrected chi connectivity index (χ0v) is 18.6. The summed E-state index contributed by atoms with van der Waals surface area (Å²) in [6.07, 6.45) is 1.90. The minimum atomic E-state index is -0.319. The molecule has 0 aliphatic carbocycles. The summed E-state index contributed by atoms with van der Waals surface area (Å²) < 4.78 is 22.1. The molecule has 4 nitrogen and oxygen atoms in total. The average molecular weight is 436 g/mol. The number of halogens is 1. The molecule has 0 amide bonds. The number of imidazole rings is 1. The van der Waals surface area contributed by atoms with E-state index in [1.807, 2.05) is 42.6 Å². The molecular weight excluding hydrogens is 413 g/mol. The quantitative estimate of drug-likeness (QED) is 0.284. The van der Waals surface area contributed by atoms with Gasteiger partial charge in [-0.3, -0.25) is 9.55 Å². The molecule has 33 heavy (non-hydrogen) atoms. The van der Waals surface area contributed by atoms with E-state index < -0.39 is 0 Å². The summed E-state index contributed by atoms with van der Waals surface area (Å²) in [5, 5.41) is 1.81. The van der Waals surface area contributed by atoms with Gasteiger partial charge in [0.25, 0.3) is 0 Å². The van der Waals surface area contributed by atoms with Gasteiger partial charge in [-0.1, -0.05) is 51.1 Å². The van der Waals surface area contributed by atoms with E-state index in [0.717, 1.165) is 44.6 Å². The van der Waals surface area contributed by atoms with Crippen molar-refractivity contribution in [3.63, 3.8) is 0 Å². The molecule has 6 rings (SSSR count). The Hall–Kier alpha value is -3.99. The first-order valence-corrected chi connectivity index (χ1v) is 11.0. The zero-order valence-electron chi connectivity index (χ0n) is 18.6. The van der Waals surface area contributed by atoms with Gasteiger partial charge >= 0.3 is 0 Å². The Labute approximate surface area is 190 Å². The highest BCUT2D eigenvalue weighted by Gasteiger charge is 2.22. The third kappa shape index (κ3) is 3.11. The van der Waals surface area contributed by atoms with Gasteiger partial charge in [0.2, 0.25) is 0 Å². The van der Waals surface area contributed by atoms with Crippen LogP contribution < -0.4 is 0 Å². The van der Waals surface area contributed by atoms with Crippen LogP contribution in [0.25, 0.3) is 50.0 Å². The van der Waals surface area contributed by atoms with Crippen LogP contribution in [0.4, 0.5) is 4.39 Å². The Morgan fingerprint density at radius 3 is 2.48 bits per heavy atom. The largest absolute Gasteiger partial charge is 0.455 e. The molecule has 0 bridgehead atoms. The predicted octanol–water partition coefficient (Wildman–Crippen LogP) is 7.42. The Kier molecular flexibility index (Phi) is 4.18. The minimum Gasteiger partial charge on any atom is -0.455 e. The zero-order chi connectivity index (χ0) is 22.7. The third-order valence-electron chi connectivity index (χ3n) is 6.03. The van der Waals surface area contributed by atoms with Crippen LogP contribution in [0, 0.1) is 5.82 Å². The van der Waals surface area contributed by atoms with Crippen molar-refractivity contribution < 1.29 is 8.81 Å². The van der Waals surface area contributed by atoms with Gasteiger partial charge in [-0.25, -0.2) is 9.37 Å². The van der Waals surface area contributed by atoms with Crippen molar-refractivity contribution in [2.45, 2.75) is 26.2 Å². The molecule has 3 aromatic heterocycles. The molecule has 0 saturated carbocycles. The van der Waals surface area contributed by atoms with E-state index >= 15 is 0 Å². The van der Waals surface area contributed by atoms with Crippen LogP contribution in [0.15, 0.2) is 83.4 Å². The van der Waals surface area contributed by atoms with E-state index in [4.69, 9.17) is 14.4 Å².